The molecular weight excluding hydrogens is 264 g/mol. The lowest BCUT2D eigenvalue weighted by Gasteiger charge is -2.27. The number of nitrogens with zero attached hydrogens (tertiary/aromatic N) is 3. The smallest absolute Gasteiger partial charge is 0.119 e. The van der Waals surface area contributed by atoms with Gasteiger partial charge in [0, 0.05) is 32.4 Å². The molecule has 5 nitrogen and oxygen atoms in total. The van der Waals surface area contributed by atoms with Crippen LogP contribution in [0.15, 0.2) is 36.7 Å². The van der Waals surface area contributed by atoms with Crippen molar-refractivity contribution in [1.29, 1.82) is 0 Å². The summed E-state index contributed by atoms with van der Waals surface area (Å²) in [5.74, 6) is 0.921. The molecule has 1 aromatic heterocycles. The van der Waals surface area contributed by atoms with Crippen LogP contribution in [-0.4, -0.2) is 42.6 Å². The van der Waals surface area contributed by atoms with Gasteiger partial charge in [-0.15, -0.1) is 0 Å². The predicted molar refractivity (Wildman–Crippen MR) is 84.0 cm³/mol. The van der Waals surface area contributed by atoms with Crippen LogP contribution in [0.25, 0.3) is 0 Å². The van der Waals surface area contributed by atoms with E-state index in [1.165, 1.54) is 11.3 Å². The molecule has 2 aromatic rings. The van der Waals surface area contributed by atoms with Gasteiger partial charge in [-0.2, -0.15) is 5.10 Å². The molecule has 1 N–H and O–H groups in total. The number of aromatic nitrogens is 2. The second kappa shape index (κ2) is 6.63. The molecule has 0 spiro atoms. The van der Waals surface area contributed by atoms with Gasteiger partial charge >= 0.3 is 0 Å². The number of ether oxygens (including phenoxy) is 1. The highest BCUT2D eigenvalue weighted by molar-refractivity contribution is 5.43. The molecule has 0 amide bonds. The first-order valence-electron chi connectivity index (χ1n) is 7.55. The van der Waals surface area contributed by atoms with Crippen LogP contribution in [-0.2, 0) is 6.54 Å². The fraction of sp³-hybridized carbons (Fsp3) is 0.438. The minimum atomic E-state index is 0.693. The Morgan fingerprint density at radius 1 is 1.29 bits per heavy atom. The maximum absolute atomic E-state index is 5.54. The van der Waals surface area contributed by atoms with Crippen LogP contribution in [0.5, 0.6) is 5.75 Å². The fourth-order valence-corrected chi connectivity index (χ4v) is 2.61. The van der Waals surface area contributed by atoms with Crippen molar-refractivity contribution in [1.82, 2.24) is 15.1 Å². The van der Waals surface area contributed by atoms with Crippen molar-refractivity contribution in [3.05, 3.63) is 42.2 Å². The standard InChI is InChI=1S/C16H22N4O/c1-2-21-16-5-3-4-14(10-16)12-20-13-15(11-18-20)19-8-6-17-7-9-19/h3-5,10-11,13,17H,2,6-9,12H2,1H3. The number of hydrogen-bond acceptors (Lipinski definition) is 4. The summed E-state index contributed by atoms with van der Waals surface area (Å²) >= 11 is 0. The highest BCUT2D eigenvalue weighted by atomic mass is 16.5. The van der Waals surface area contributed by atoms with Gasteiger partial charge in [0.15, 0.2) is 0 Å². The first-order valence-corrected chi connectivity index (χ1v) is 7.55. The van der Waals surface area contributed by atoms with Gasteiger partial charge in [0.05, 0.1) is 25.0 Å². The van der Waals surface area contributed by atoms with Crippen LogP contribution < -0.4 is 15.0 Å². The van der Waals surface area contributed by atoms with Gasteiger partial charge in [-0.3, -0.25) is 4.68 Å². The number of piperazine rings is 1. The van der Waals surface area contributed by atoms with Crippen LogP contribution >= 0.6 is 0 Å². The van der Waals surface area contributed by atoms with E-state index in [0.717, 1.165) is 38.5 Å². The molecule has 0 bridgehead atoms. The van der Waals surface area contributed by atoms with E-state index in [4.69, 9.17) is 4.74 Å². The lowest BCUT2D eigenvalue weighted by atomic mass is 10.2. The minimum Gasteiger partial charge on any atom is -0.494 e. The van der Waals surface area contributed by atoms with E-state index in [9.17, 15) is 0 Å². The van der Waals surface area contributed by atoms with Gasteiger partial charge in [0.25, 0.3) is 0 Å². The fourth-order valence-electron chi connectivity index (χ4n) is 2.61. The molecule has 0 atom stereocenters. The second-order valence-electron chi connectivity index (χ2n) is 5.21. The molecule has 2 heterocycles. The normalized spacial score (nSPS) is 15.2. The summed E-state index contributed by atoms with van der Waals surface area (Å²) in [5.41, 5.74) is 2.41. The van der Waals surface area contributed by atoms with Gasteiger partial charge in [0.1, 0.15) is 5.75 Å². The average Bonchev–Trinajstić information content (AvgIpc) is 2.97. The quantitative estimate of drug-likeness (QED) is 0.909. The Morgan fingerprint density at radius 2 is 2.14 bits per heavy atom. The monoisotopic (exact) mass is 286 g/mol. The van der Waals surface area contributed by atoms with Crippen molar-refractivity contribution in [2.75, 3.05) is 37.7 Å². The largest absolute Gasteiger partial charge is 0.494 e. The highest BCUT2D eigenvalue weighted by Gasteiger charge is 2.12. The van der Waals surface area contributed by atoms with E-state index in [1.807, 2.05) is 29.9 Å². The third-order valence-corrected chi connectivity index (χ3v) is 3.66. The van der Waals surface area contributed by atoms with Gasteiger partial charge in [0.2, 0.25) is 0 Å². The molecule has 1 fully saturated rings. The Hall–Kier alpha value is -2.01. The molecule has 21 heavy (non-hydrogen) atoms. The van der Waals surface area contributed by atoms with E-state index >= 15 is 0 Å². The summed E-state index contributed by atoms with van der Waals surface area (Å²) in [7, 11) is 0. The zero-order valence-corrected chi connectivity index (χ0v) is 12.5. The Labute approximate surface area is 125 Å². The molecule has 1 aliphatic rings. The zero-order valence-electron chi connectivity index (χ0n) is 12.5. The van der Waals surface area contributed by atoms with Crippen molar-refractivity contribution in [3.63, 3.8) is 0 Å². The van der Waals surface area contributed by atoms with Gasteiger partial charge < -0.3 is 15.0 Å². The minimum absolute atomic E-state index is 0.693. The SMILES string of the molecule is CCOc1cccc(Cn2cc(N3CCNCC3)cn2)c1. The molecule has 5 heteroatoms. The molecule has 112 valence electrons. The lowest BCUT2D eigenvalue weighted by Crippen LogP contribution is -2.43. The van der Waals surface area contributed by atoms with E-state index < -0.39 is 0 Å². The molecule has 0 radical (unpaired) electrons. The molecule has 1 saturated heterocycles. The van der Waals surface area contributed by atoms with E-state index in [-0.39, 0.29) is 0 Å². The molecule has 1 aliphatic heterocycles. The number of nitrogens with one attached hydrogen (secondary N) is 1. The Bertz CT molecular complexity index is 575. The number of benzene rings is 1. The molecule has 0 unspecified atom stereocenters. The summed E-state index contributed by atoms with van der Waals surface area (Å²) in [4.78, 5) is 2.37. The lowest BCUT2D eigenvalue weighted by molar-refractivity contribution is 0.340. The van der Waals surface area contributed by atoms with Gasteiger partial charge in [-0.25, -0.2) is 0 Å². The Kier molecular flexibility index (Phi) is 4.40. The average molecular weight is 286 g/mol. The van der Waals surface area contributed by atoms with Crippen molar-refractivity contribution >= 4 is 5.69 Å². The topological polar surface area (TPSA) is 42.3 Å². The van der Waals surface area contributed by atoms with Crippen molar-refractivity contribution in [2.45, 2.75) is 13.5 Å². The molecule has 3 rings (SSSR count). The number of hydrogen-bond donors (Lipinski definition) is 1. The van der Waals surface area contributed by atoms with Gasteiger partial charge in [-0.05, 0) is 24.6 Å². The first-order chi connectivity index (χ1) is 10.3. The Morgan fingerprint density at radius 3 is 2.95 bits per heavy atom. The van der Waals surface area contributed by atoms with E-state index in [1.54, 1.807) is 0 Å². The van der Waals surface area contributed by atoms with Crippen molar-refractivity contribution in [2.24, 2.45) is 0 Å². The van der Waals surface area contributed by atoms with Crippen LogP contribution in [0.3, 0.4) is 0 Å². The van der Waals surface area contributed by atoms with Crippen molar-refractivity contribution in [3.8, 4) is 5.75 Å². The zero-order chi connectivity index (χ0) is 14.5. The van der Waals surface area contributed by atoms with Crippen LogP contribution in [0.2, 0.25) is 0 Å². The second-order valence-corrected chi connectivity index (χ2v) is 5.21. The molecule has 0 aliphatic carbocycles. The molecular formula is C16H22N4O. The third kappa shape index (κ3) is 3.55. The maximum atomic E-state index is 5.54. The van der Waals surface area contributed by atoms with Crippen LogP contribution in [0.4, 0.5) is 5.69 Å². The summed E-state index contributed by atoms with van der Waals surface area (Å²) in [6.45, 7) is 7.64. The van der Waals surface area contributed by atoms with E-state index in [0.29, 0.717) is 6.61 Å². The first kappa shape index (κ1) is 13.9. The number of anilines is 1. The molecule has 1 aromatic carbocycles. The van der Waals surface area contributed by atoms with E-state index in [2.05, 4.69) is 33.6 Å². The summed E-state index contributed by atoms with van der Waals surface area (Å²) in [5, 5.41) is 7.84. The van der Waals surface area contributed by atoms with Crippen molar-refractivity contribution < 1.29 is 4.74 Å². The van der Waals surface area contributed by atoms with Crippen LogP contribution in [0, 0.1) is 0 Å². The third-order valence-electron chi connectivity index (χ3n) is 3.66. The highest BCUT2D eigenvalue weighted by Crippen LogP contribution is 2.17. The van der Waals surface area contributed by atoms with Crippen LogP contribution in [0.1, 0.15) is 12.5 Å². The summed E-state index contributed by atoms with van der Waals surface area (Å²) in [6, 6.07) is 8.20. The maximum Gasteiger partial charge on any atom is 0.119 e. The summed E-state index contributed by atoms with van der Waals surface area (Å²) < 4.78 is 7.53. The summed E-state index contributed by atoms with van der Waals surface area (Å²) in [6.07, 6.45) is 4.08. The number of rotatable bonds is 5. The predicted octanol–water partition coefficient (Wildman–Crippen LogP) is 1.74. The molecule has 0 saturated carbocycles. The Balaban J connectivity index is 1.67. The van der Waals surface area contributed by atoms with Gasteiger partial charge in [-0.1, -0.05) is 12.1 Å².